The normalized spacial score (nSPS) is 15.1. The third-order valence-corrected chi connectivity index (χ3v) is 5.71. The molecule has 2 N–H and O–H groups in total. The minimum Gasteiger partial charge on any atom is -0.469 e. The number of methoxy groups -OCH3 is 1. The number of hydrogen-bond acceptors (Lipinski definition) is 4. The van der Waals surface area contributed by atoms with Gasteiger partial charge in [-0.05, 0) is 61.3 Å². The smallest absolute Gasteiger partial charge is 0.305 e. The molecule has 0 fully saturated rings. The molecule has 0 unspecified atom stereocenters. The molecule has 0 saturated heterocycles. The molecule has 6 nitrogen and oxygen atoms in total. The molecule has 1 aliphatic heterocycles. The summed E-state index contributed by atoms with van der Waals surface area (Å²) in [6.45, 7) is 8.18. The second-order valence-electron chi connectivity index (χ2n) is 7.46. The number of nitrogens with one attached hydrogen (secondary N) is 2. The van der Waals surface area contributed by atoms with Crippen molar-refractivity contribution in [2.45, 2.75) is 79.1 Å². The molecule has 1 aliphatic rings. The molecule has 0 aromatic carbocycles. The van der Waals surface area contributed by atoms with Gasteiger partial charge in [-0.2, -0.15) is 0 Å². The van der Waals surface area contributed by atoms with Crippen molar-refractivity contribution in [2.75, 3.05) is 7.11 Å². The van der Waals surface area contributed by atoms with Crippen LogP contribution in [0.15, 0.2) is 16.8 Å². The van der Waals surface area contributed by atoms with Gasteiger partial charge >= 0.3 is 5.97 Å². The van der Waals surface area contributed by atoms with E-state index in [0.717, 1.165) is 52.9 Å². The monoisotopic (exact) mass is 414 g/mol. The summed E-state index contributed by atoms with van der Waals surface area (Å²) in [4.78, 5) is 39.7. The minimum atomic E-state index is -0.247. The number of carbonyl (C=O) groups is 3. The summed E-state index contributed by atoms with van der Waals surface area (Å²) in [6, 6.07) is 0. The van der Waals surface area contributed by atoms with Gasteiger partial charge in [0.25, 0.3) is 5.91 Å². The first kappa shape index (κ1) is 23.6. The molecule has 1 amide bonds. The predicted molar refractivity (Wildman–Crippen MR) is 118 cm³/mol. The third kappa shape index (κ3) is 5.10. The number of ether oxygens (including phenoxy) is 1. The van der Waals surface area contributed by atoms with E-state index >= 15 is 0 Å². The lowest BCUT2D eigenvalue weighted by Gasteiger charge is -2.05. The summed E-state index contributed by atoms with van der Waals surface area (Å²) in [5, 5.41) is 2.99. The number of Topliss-reactive ketones (excluding diaryl/α,β-unsaturated/α-hetero) is 1. The van der Waals surface area contributed by atoms with E-state index in [9.17, 15) is 14.4 Å². The van der Waals surface area contributed by atoms with Crippen molar-refractivity contribution in [2.24, 2.45) is 0 Å². The van der Waals surface area contributed by atoms with E-state index in [0.29, 0.717) is 37.8 Å². The molecule has 0 spiro atoms. The van der Waals surface area contributed by atoms with Crippen LogP contribution in [0.1, 0.15) is 93.5 Å². The molecule has 0 atom stereocenters. The summed E-state index contributed by atoms with van der Waals surface area (Å²) in [5.74, 6) is -0.210. The highest BCUT2D eigenvalue weighted by atomic mass is 16.5. The molecule has 2 rings (SSSR count). The zero-order valence-corrected chi connectivity index (χ0v) is 18.9. The number of H-pyrrole nitrogens is 1. The fourth-order valence-electron chi connectivity index (χ4n) is 4.15. The number of hydrogen-bond donors (Lipinski definition) is 2. The van der Waals surface area contributed by atoms with Gasteiger partial charge < -0.3 is 15.0 Å². The van der Waals surface area contributed by atoms with Crippen molar-refractivity contribution in [1.82, 2.24) is 10.3 Å². The van der Waals surface area contributed by atoms with Crippen LogP contribution in [0.3, 0.4) is 0 Å². The van der Waals surface area contributed by atoms with Crippen molar-refractivity contribution in [3.8, 4) is 0 Å². The summed E-state index contributed by atoms with van der Waals surface area (Å²) in [5.41, 5.74) is 6.43. The number of rotatable bonds is 11. The van der Waals surface area contributed by atoms with Crippen LogP contribution in [0.5, 0.6) is 0 Å². The van der Waals surface area contributed by atoms with Crippen LogP contribution in [0.25, 0.3) is 6.08 Å². The quantitative estimate of drug-likeness (QED) is 0.314. The lowest BCUT2D eigenvalue weighted by atomic mass is 9.99. The summed E-state index contributed by atoms with van der Waals surface area (Å²) in [7, 11) is 1.37. The topological polar surface area (TPSA) is 88.3 Å². The minimum absolute atomic E-state index is 0.0252. The molecular weight excluding hydrogens is 380 g/mol. The van der Waals surface area contributed by atoms with Gasteiger partial charge in [0, 0.05) is 29.8 Å². The van der Waals surface area contributed by atoms with Crippen LogP contribution in [0.4, 0.5) is 0 Å². The first-order valence-electron chi connectivity index (χ1n) is 11.0. The van der Waals surface area contributed by atoms with Crippen LogP contribution < -0.4 is 5.32 Å². The summed E-state index contributed by atoms with van der Waals surface area (Å²) in [6.07, 6.45) is 7.02. The Morgan fingerprint density at radius 2 is 1.53 bits per heavy atom. The fraction of sp³-hybridized carbons (Fsp3) is 0.542. The van der Waals surface area contributed by atoms with E-state index in [-0.39, 0.29) is 17.7 Å². The van der Waals surface area contributed by atoms with Crippen LogP contribution >= 0.6 is 0 Å². The van der Waals surface area contributed by atoms with Gasteiger partial charge in [0.15, 0.2) is 5.78 Å². The number of unbranched alkanes of at least 4 members (excludes halogenated alkanes) is 1. The number of aromatic nitrogens is 1. The van der Waals surface area contributed by atoms with E-state index in [1.54, 1.807) is 0 Å². The van der Waals surface area contributed by atoms with Crippen LogP contribution in [-0.4, -0.2) is 29.8 Å². The Kier molecular flexibility index (Phi) is 8.63. The van der Waals surface area contributed by atoms with Crippen molar-refractivity contribution in [1.29, 1.82) is 0 Å². The van der Waals surface area contributed by atoms with Gasteiger partial charge in [0.05, 0.1) is 12.8 Å². The molecule has 0 saturated carbocycles. The molecular formula is C24H34N2O4. The average molecular weight is 415 g/mol. The zero-order chi connectivity index (χ0) is 22.3. The maximum atomic E-state index is 12.9. The van der Waals surface area contributed by atoms with E-state index in [1.165, 1.54) is 7.11 Å². The Hall–Kier alpha value is -2.63. The van der Waals surface area contributed by atoms with Gasteiger partial charge in [-0.25, -0.2) is 0 Å². The molecule has 1 aromatic heterocycles. The Balaban J connectivity index is 2.30. The van der Waals surface area contributed by atoms with Gasteiger partial charge in [0.1, 0.15) is 0 Å². The molecule has 30 heavy (non-hydrogen) atoms. The lowest BCUT2D eigenvalue weighted by Crippen LogP contribution is -2.16. The maximum Gasteiger partial charge on any atom is 0.305 e. The number of aromatic amines is 1. The third-order valence-electron chi connectivity index (χ3n) is 5.71. The van der Waals surface area contributed by atoms with Crippen LogP contribution in [0, 0.1) is 0 Å². The number of amides is 1. The molecule has 0 bridgehead atoms. The Morgan fingerprint density at radius 1 is 0.900 bits per heavy atom. The zero-order valence-electron chi connectivity index (χ0n) is 18.9. The number of carbonyl (C=O) groups excluding carboxylic acids is 3. The van der Waals surface area contributed by atoms with Crippen LogP contribution in [-0.2, 0) is 27.2 Å². The number of esters is 1. The molecule has 2 heterocycles. The van der Waals surface area contributed by atoms with Crippen molar-refractivity contribution >= 4 is 23.7 Å². The number of allylic oxidation sites excluding steroid dienone is 1. The fourth-order valence-corrected chi connectivity index (χ4v) is 4.15. The summed E-state index contributed by atoms with van der Waals surface area (Å²) >= 11 is 0. The lowest BCUT2D eigenvalue weighted by molar-refractivity contribution is -0.140. The first-order chi connectivity index (χ1) is 14.4. The SMILES string of the molecule is CCC1=C(CC)/C(=C\c2[nH]c(C(=O)CCCCC(=O)OC)c(CC)c2CC)NC1=O. The predicted octanol–water partition coefficient (Wildman–Crippen LogP) is 4.64. The number of ketones is 1. The molecule has 1 aromatic rings. The molecule has 164 valence electrons. The van der Waals surface area contributed by atoms with Gasteiger partial charge in [-0.1, -0.05) is 27.7 Å². The van der Waals surface area contributed by atoms with Gasteiger partial charge in [-0.3, -0.25) is 14.4 Å². The largest absolute Gasteiger partial charge is 0.469 e. The van der Waals surface area contributed by atoms with Gasteiger partial charge in [0.2, 0.25) is 0 Å². The maximum absolute atomic E-state index is 12.9. The molecule has 0 radical (unpaired) electrons. The van der Waals surface area contributed by atoms with E-state index < -0.39 is 0 Å². The van der Waals surface area contributed by atoms with Gasteiger partial charge in [-0.15, -0.1) is 0 Å². The highest BCUT2D eigenvalue weighted by molar-refractivity contribution is 6.01. The van der Waals surface area contributed by atoms with E-state index in [4.69, 9.17) is 0 Å². The van der Waals surface area contributed by atoms with Crippen molar-refractivity contribution < 1.29 is 19.1 Å². The van der Waals surface area contributed by atoms with Crippen molar-refractivity contribution in [3.63, 3.8) is 0 Å². The van der Waals surface area contributed by atoms with Crippen molar-refractivity contribution in [3.05, 3.63) is 39.4 Å². The first-order valence-corrected chi connectivity index (χ1v) is 11.0. The second-order valence-corrected chi connectivity index (χ2v) is 7.46. The second kappa shape index (κ2) is 11.0. The van der Waals surface area contributed by atoms with E-state index in [1.807, 2.05) is 13.0 Å². The highest BCUT2D eigenvalue weighted by Crippen LogP contribution is 2.30. The van der Waals surface area contributed by atoms with E-state index in [2.05, 4.69) is 35.8 Å². The molecule has 6 heteroatoms. The Labute approximate surface area is 179 Å². The summed E-state index contributed by atoms with van der Waals surface area (Å²) < 4.78 is 4.65. The highest BCUT2D eigenvalue weighted by Gasteiger charge is 2.26. The van der Waals surface area contributed by atoms with Crippen LogP contribution in [0.2, 0.25) is 0 Å². The standard InChI is InChI=1S/C24H34N2O4/c1-6-15-17(8-3)23(21(27)12-10-11-13-22(28)30-5)25-19(15)14-20-16(7-2)18(9-4)24(29)26-20/h14,25H,6-13H2,1-5H3,(H,26,29)/b20-14+. The molecule has 0 aliphatic carbocycles. The Morgan fingerprint density at radius 3 is 2.10 bits per heavy atom. The Bertz CT molecular complexity index is 874. The average Bonchev–Trinajstić information content (AvgIpc) is 3.26.